The molecule has 0 bridgehead atoms. The molecule has 0 aliphatic carbocycles. The molecule has 156 valence electrons. The largest absolute Gasteiger partial charge is 0.368 e. The number of rotatable bonds is 4. The maximum Gasteiger partial charge on any atom is 0.318 e. The lowest BCUT2D eigenvalue weighted by Gasteiger charge is -2.36. The van der Waals surface area contributed by atoms with Crippen LogP contribution in [-0.4, -0.2) is 54.0 Å². The highest BCUT2D eigenvalue weighted by molar-refractivity contribution is 6.30. The Hall–Kier alpha value is -3.19. The minimum atomic E-state index is -0.650. The van der Waals surface area contributed by atoms with Crippen molar-refractivity contribution in [2.75, 3.05) is 36.4 Å². The monoisotopic (exact) mass is 425 g/mol. The molecule has 3 N–H and O–H groups in total. The van der Waals surface area contributed by atoms with Crippen LogP contribution in [0.25, 0.3) is 10.9 Å². The Morgan fingerprint density at radius 1 is 1.07 bits per heavy atom. The second kappa shape index (κ2) is 8.67. The third-order valence-corrected chi connectivity index (χ3v) is 5.53. The van der Waals surface area contributed by atoms with E-state index in [1.54, 1.807) is 11.8 Å². The topological polar surface area (TPSA) is 80.5 Å². The minimum Gasteiger partial charge on any atom is -0.368 e. The van der Waals surface area contributed by atoms with Gasteiger partial charge in [0.1, 0.15) is 6.04 Å². The zero-order chi connectivity index (χ0) is 21.1. The van der Waals surface area contributed by atoms with E-state index >= 15 is 0 Å². The number of aromatic nitrogens is 1. The first-order valence-electron chi connectivity index (χ1n) is 9.93. The van der Waals surface area contributed by atoms with Crippen molar-refractivity contribution in [1.82, 2.24) is 15.2 Å². The highest BCUT2D eigenvalue weighted by Crippen LogP contribution is 2.21. The quantitative estimate of drug-likeness (QED) is 0.596. The number of hydrogen-bond donors (Lipinski definition) is 3. The standard InChI is InChI=1S/C22H24ClN5O2/c1-15(21(29)26-18-6-5-16-7-8-24-20(16)14-18)25-22(30)28-11-9-27(10-12-28)19-4-2-3-17(23)13-19/h2-8,13-15,24H,9-12H2,1H3,(H,25,30)(H,26,29). The predicted octanol–water partition coefficient (Wildman–Crippen LogP) is 3.68. The average molecular weight is 426 g/mol. The van der Waals surface area contributed by atoms with Crippen LogP contribution in [0.1, 0.15) is 6.92 Å². The van der Waals surface area contributed by atoms with Crippen LogP contribution in [0.3, 0.4) is 0 Å². The number of halogens is 1. The SMILES string of the molecule is CC(NC(=O)N1CCN(c2cccc(Cl)c2)CC1)C(=O)Nc1ccc2cc[nH]c2c1. The summed E-state index contributed by atoms with van der Waals surface area (Å²) < 4.78 is 0. The molecule has 1 aromatic heterocycles. The van der Waals surface area contributed by atoms with E-state index in [0.29, 0.717) is 36.9 Å². The van der Waals surface area contributed by atoms with Crippen molar-refractivity contribution in [3.63, 3.8) is 0 Å². The molecule has 0 saturated carbocycles. The highest BCUT2D eigenvalue weighted by Gasteiger charge is 2.24. The average Bonchev–Trinajstić information content (AvgIpc) is 3.21. The van der Waals surface area contributed by atoms with Crippen molar-refractivity contribution in [1.29, 1.82) is 0 Å². The van der Waals surface area contributed by atoms with E-state index in [1.165, 1.54) is 0 Å². The molecular weight excluding hydrogens is 402 g/mol. The lowest BCUT2D eigenvalue weighted by Crippen LogP contribution is -2.54. The van der Waals surface area contributed by atoms with Gasteiger partial charge in [-0.15, -0.1) is 0 Å². The van der Waals surface area contributed by atoms with E-state index in [1.807, 2.05) is 54.7 Å². The first-order chi connectivity index (χ1) is 14.5. The van der Waals surface area contributed by atoms with E-state index in [2.05, 4.69) is 20.5 Å². The van der Waals surface area contributed by atoms with Crippen molar-refractivity contribution in [3.8, 4) is 0 Å². The van der Waals surface area contributed by atoms with Gasteiger partial charge in [0, 0.05) is 54.3 Å². The van der Waals surface area contributed by atoms with E-state index in [9.17, 15) is 9.59 Å². The van der Waals surface area contributed by atoms with Crippen LogP contribution >= 0.6 is 11.6 Å². The summed E-state index contributed by atoms with van der Waals surface area (Å²) in [7, 11) is 0. The normalized spacial score (nSPS) is 15.1. The van der Waals surface area contributed by atoms with Gasteiger partial charge in [0.2, 0.25) is 5.91 Å². The van der Waals surface area contributed by atoms with Crippen LogP contribution in [0.5, 0.6) is 0 Å². The molecule has 1 fully saturated rings. The summed E-state index contributed by atoms with van der Waals surface area (Å²) in [6.07, 6.45) is 1.85. The van der Waals surface area contributed by atoms with Gasteiger partial charge in [0.15, 0.2) is 0 Å². The number of benzene rings is 2. The van der Waals surface area contributed by atoms with Gasteiger partial charge >= 0.3 is 6.03 Å². The molecule has 1 saturated heterocycles. The summed E-state index contributed by atoms with van der Waals surface area (Å²) in [5.41, 5.74) is 2.68. The van der Waals surface area contributed by atoms with Gasteiger partial charge in [0.25, 0.3) is 0 Å². The maximum absolute atomic E-state index is 12.6. The van der Waals surface area contributed by atoms with E-state index in [-0.39, 0.29) is 11.9 Å². The van der Waals surface area contributed by atoms with Crippen LogP contribution in [-0.2, 0) is 4.79 Å². The van der Waals surface area contributed by atoms with Gasteiger partial charge in [-0.25, -0.2) is 4.79 Å². The number of nitrogens with zero attached hydrogens (tertiary/aromatic N) is 2. The molecule has 3 aromatic rings. The number of H-pyrrole nitrogens is 1. The smallest absolute Gasteiger partial charge is 0.318 e. The number of nitrogens with one attached hydrogen (secondary N) is 3. The number of carbonyl (C=O) groups excluding carboxylic acids is 2. The third kappa shape index (κ3) is 4.52. The van der Waals surface area contributed by atoms with E-state index < -0.39 is 6.04 Å². The fourth-order valence-corrected chi connectivity index (χ4v) is 3.74. The molecule has 0 spiro atoms. The van der Waals surface area contributed by atoms with Crippen molar-refractivity contribution in [2.45, 2.75) is 13.0 Å². The Kier molecular flexibility index (Phi) is 5.81. The van der Waals surface area contributed by atoms with Gasteiger partial charge in [-0.3, -0.25) is 4.79 Å². The molecule has 30 heavy (non-hydrogen) atoms. The van der Waals surface area contributed by atoms with E-state index in [0.717, 1.165) is 16.6 Å². The summed E-state index contributed by atoms with van der Waals surface area (Å²) >= 11 is 6.07. The molecule has 1 aliphatic rings. The third-order valence-electron chi connectivity index (χ3n) is 5.30. The van der Waals surface area contributed by atoms with Gasteiger partial charge in [-0.1, -0.05) is 23.7 Å². The maximum atomic E-state index is 12.6. The molecule has 1 unspecified atom stereocenters. The molecule has 4 rings (SSSR count). The molecule has 7 nitrogen and oxygen atoms in total. The fraction of sp³-hybridized carbons (Fsp3) is 0.273. The Morgan fingerprint density at radius 3 is 2.63 bits per heavy atom. The van der Waals surface area contributed by atoms with Crippen molar-refractivity contribution >= 4 is 45.8 Å². The van der Waals surface area contributed by atoms with Gasteiger partial charge in [-0.2, -0.15) is 0 Å². The summed E-state index contributed by atoms with van der Waals surface area (Å²) in [6.45, 7) is 4.27. The van der Waals surface area contributed by atoms with Crippen LogP contribution in [0.2, 0.25) is 5.02 Å². The summed E-state index contributed by atoms with van der Waals surface area (Å²) in [4.78, 5) is 32.1. The van der Waals surface area contributed by atoms with Crippen LogP contribution in [0.4, 0.5) is 16.2 Å². The Balaban J connectivity index is 1.28. The number of amides is 3. The molecule has 1 aliphatic heterocycles. The van der Waals surface area contributed by atoms with Crippen molar-refractivity contribution < 1.29 is 9.59 Å². The number of anilines is 2. The highest BCUT2D eigenvalue weighted by atomic mass is 35.5. The first kappa shape index (κ1) is 20.1. The number of piperazine rings is 1. The number of fused-ring (bicyclic) bond motifs is 1. The zero-order valence-corrected chi connectivity index (χ0v) is 17.4. The molecule has 1 atom stereocenters. The van der Waals surface area contributed by atoms with Gasteiger partial charge in [0.05, 0.1) is 0 Å². The Bertz CT molecular complexity index is 1060. The van der Waals surface area contributed by atoms with Gasteiger partial charge in [-0.05, 0) is 48.7 Å². The predicted molar refractivity (Wildman–Crippen MR) is 120 cm³/mol. The van der Waals surface area contributed by atoms with Crippen molar-refractivity contribution in [3.05, 3.63) is 59.8 Å². The molecule has 8 heteroatoms. The summed E-state index contributed by atoms with van der Waals surface area (Å²) in [6, 6.07) is 14.4. The Morgan fingerprint density at radius 2 is 1.87 bits per heavy atom. The van der Waals surface area contributed by atoms with Crippen LogP contribution in [0, 0.1) is 0 Å². The molecule has 0 radical (unpaired) electrons. The molecule has 2 heterocycles. The minimum absolute atomic E-state index is 0.233. The number of aromatic amines is 1. The number of urea groups is 1. The second-order valence-corrected chi connectivity index (χ2v) is 7.83. The molecule has 2 aromatic carbocycles. The van der Waals surface area contributed by atoms with Gasteiger partial charge < -0.3 is 25.4 Å². The van der Waals surface area contributed by atoms with Crippen LogP contribution < -0.4 is 15.5 Å². The fourth-order valence-electron chi connectivity index (χ4n) is 3.56. The lowest BCUT2D eigenvalue weighted by molar-refractivity contribution is -0.117. The van der Waals surface area contributed by atoms with Crippen molar-refractivity contribution in [2.24, 2.45) is 0 Å². The Labute approximate surface area is 180 Å². The summed E-state index contributed by atoms with van der Waals surface area (Å²) in [5, 5.41) is 7.42. The van der Waals surface area contributed by atoms with Crippen LogP contribution in [0.15, 0.2) is 54.7 Å². The number of carbonyl (C=O) groups is 2. The lowest BCUT2D eigenvalue weighted by atomic mass is 10.2. The second-order valence-electron chi connectivity index (χ2n) is 7.39. The summed E-state index contributed by atoms with van der Waals surface area (Å²) in [5.74, 6) is -0.258. The molecule has 3 amide bonds. The number of hydrogen-bond acceptors (Lipinski definition) is 3. The first-order valence-corrected chi connectivity index (χ1v) is 10.3. The van der Waals surface area contributed by atoms with E-state index in [4.69, 9.17) is 11.6 Å². The zero-order valence-electron chi connectivity index (χ0n) is 16.7. The molecular formula is C22H24ClN5O2.